The molecular formula is C6H4ClF3N2O. The van der Waals surface area contributed by atoms with Gasteiger partial charge in [0.1, 0.15) is 0 Å². The minimum Gasteiger partial charge on any atom is -0.427 e. The Hall–Kier alpha value is -1.17. The van der Waals surface area contributed by atoms with Gasteiger partial charge < -0.3 is 5.21 Å². The van der Waals surface area contributed by atoms with Crippen molar-refractivity contribution in [3.05, 3.63) is 28.3 Å². The molecule has 0 aliphatic heterocycles. The molecule has 0 unspecified atom stereocenters. The summed E-state index contributed by atoms with van der Waals surface area (Å²) in [7, 11) is 0. The van der Waals surface area contributed by atoms with Crippen LogP contribution in [0.25, 0.3) is 0 Å². The molecule has 7 heteroatoms. The average molecular weight is 213 g/mol. The fourth-order valence-electron chi connectivity index (χ4n) is 0.703. The number of hydrogen-bond donors (Lipinski definition) is 2. The lowest BCUT2D eigenvalue weighted by Crippen LogP contribution is -2.20. The van der Waals surface area contributed by atoms with E-state index in [1.165, 1.54) is 0 Å². The van der Waals surface area contributed by atoms with Crippen molar-refractivity contribution in [2.24, 2.45) is 0 Å². The lowest BCUT2D eigenvalue weighted by atomic mass is 10.3. The molecule has 0 amide bonds. The number of aromatic nitrogens is 1. The third-order valence-electron chi connectivity index (χ3n) is 1.33. The fraction of sp³-hybridized carbons (Fsp3) is 0.167. The van der Waals surface area contributed by atoms with Gasteiger partial charge in [0.25, 0.3) is 0 Å². The maximum absolute atomic E-state index is 12.0. The highest BCUT2D eigenvalue weighted by Crippen LogP contribution is 2.29. The van der Waals surface area contributed by atoms with E-state index in [4.69, 9.17) is 22.2 Å². The summed E-state index contributed by atoms with van der Waals surface area (Å²) < 4.78 is 36.1. The van der Waals surface area contributed by atoms with Crippen molar-refractivity contribution in [1.82, 2.24) is 4.73 Å². The van der Waals surface area contributed by atoms with Gasteiger partial charge in [-0.05, 0) is 6.07 Å². The largest absolute Gasteiger partial charge is 0.427 e. The molecule has 0 aliphatic rings. The summed E-state index contributed by atoms with van der Waals surface area (Å²) in [6, 6.07) is 0.580. The summed E-state index contributed by atoms with van der Waals surface area (Å²) in [5.74, 6) is 0. The molecule has 0 saturated carbocycles. The molecule has 0 saturated heterocycles. The van der Waals surface area contributed by atoms with E-state index in [0.717, 1.165) is 0 Å². The van der Waals surface area contributed by atoms with Crippen molar-refractivity contribution >= 4 is 11.6 Å². The summed E-state index contributed by atoms with van der Waals surface area (Å²) in [6.45, 7) is 0. The van der Waals surface area contributed by atoms with Crippen LogP contribution in [0.15, 0.2) is 12.3 Å². The Morgan fingerprint density at radius 1 is 1.46 bits per heavy atom. The zero-order chi connectivity index (χ0) is 10.2. The van der Waals surface area contributed by atoms with Crippen LogP contribution in [0, 0.1) is 5.41 Å². The van der Waals surface area contributed by atoms with E-state index in [0.29, 0.717) is 12.3 Å². The topological polar surface area (TPSA) is 49.0 Å². The van der Waals surface area contributed by atoms with Crippen molar-refractivity contribution in [3.63, 3.8) is 0 Å². The first-order chi connectivity index (χ1) is 5.82. The molecule has 1 aromatic heterocycles. The maximum atomic E-state index is 12.0. The lowest BCUT2D eigenvalue weighted by Gasteiger charge is -2.08. The Bertz CT molecular complexity index is 358. The van der Waals surface area contributed by atoms with Crippen LogP contribution in [0.4, 0.5) is 13.2 Å². The van der Waals surface area contributed by atoms with Gasteiger partial charge in [0.05, 0.1) is 16.8 Å². The first-order valence-corrected chi connectivity index (χ1v) is 3.43. The number of halogens is 4. The highest BCUT2D eigenvalue weighted by atomic mass is 35.5. The Kier molecular flexibility index (Phi) is 2.25. The van der Waals surface area contributed by atoms with E-state index in [2.05, 4.69) is 0 Å². The number of nitrogens with zero attached hydrogens (tertiary/aromatic N) is 1. The second-order valence-electron chi connectivity index (χ2n) is 2.27. The molecule has 0 fully saturated rings. The minimum atomic E-state index is -4.58. The quantitative estimate of drug-likeness (QED) is 0.634. The fourth-order valence-corrected chi connectivity index (χ4v) is 0.907. The van der Waals surface area contributed by atoms with Crippen molar-refractivity contribution in [3.8, 4) is 0 Å². The normalized spacial score (nSPS) is 11.7. The van der Waals surface area contributed by atoms with Gasteiger partial charge in [-0.15, -0.1) is 0 Å². The average Bonchev–Trinajstić information content (AvgIpc) is 1.97. The van der Waals surface area contributed by atoms with E-state index < -0.39 is 22.3 Å². The second-order valence-corrected chi connectivity index (χ2v) is 2.67. The molecule has 2 N–H and O–H groups in total. The van der Waals surface area contributed by atoms with Gasteiger partial charge in [-0.1, -0.05) is 11.6 Å². The van der Waals surface area contributed by atoms with Gasteiger partial charge >= 0.3 is 6.18 Å². The Morgan fingerprint density at radius 3 is 2.38 bits per heavy atom. The van der Waals surface area contributed by atoms with Crippen LogP contribution in [-0.2, 0) is 6.18 Å². The van der Waals surface area contributed by atoms with E-state index in [9.17, 15) is 13.2 Å². The van der Waals surface area contributed by atoms with Crippen LogP contribution in [0.5, 0.6) is 0 Å². The first-order valence-electron chi connectivity index (χ1n) is 3.05. The zero-order valence-corrected chi connectivity index (χ0v) is 6.82. The molecule has 0 aromatic carbocycles. The SMILES string of the molecule is N=c1c(Cl)cc(C(F)(F)F)cn1O. The van der Waals surface area contributed by atoms with Crippen molar-refractivity contribution < 1.29 is 18.4 Å². The van der Waals surface area contributed by atoms with Gasteiger partial charge in [0.15, 0.2) is 5.49 Å². The zero-order valence-electron chi connectivity index (χ0n) is 6.06. The Morgan fingerprint density at radius 2 is 2.00 bits per heavy atom. The number of nitrogens with one attached hydrogen (secondary N) is 1. The van der Waals surface area contributed by atoms with Crippen LogP contribution in [0.2, 0.25) is 5.02 Å². The van der Waals surface area contributed by atoms with Gasteiger partial charge in [0, 0.05) is 0 Å². The summed E-state index contributed by atoms with van der Waals surface area (Å²) >= 11 is 5.26. The van der Waals surface area contributed by atoms with Crippen LogP contribution in [0.1, 0.15) is 5.56 Å². The van der Waals surface area contributed by atoms with Gasteiger partial charge in [0.2, 0.25) is 0 Å². The lowest BCUT2D eigenvalue weighted by molar-refractivity contribution is -0.138. The van der Waals surface area contributed by atoms with Crippen LogP contribution in [0.3, 0.4) is 0 Å². The summed E-state index contributed by atoms with van der Waals surface area (Å²) in [6.07, 6.45) is -4.20. The molecular weight excluding hydrogens is 209 g/mol. The Labute approximate surface area is 75.5 Å². The van der Waals surface area contributed by atoms with Gasteiger partial charge in [-0.25, -0.2) is 0 Å². The monoisotopic (exact) mass is 212 g/mol. The van der Waals surface area contributed by atoms with Crippen LogP contribution >= 0.6 is 11.6 Å². The molecule has 0 spiro atoms. The number of hydrogen-bond acceptors (Lipinski definition) is 2. The van der Waals surface area contributed by atoms with Crippen LogP contribution < -0.4 is 5.49 Å². The van der Waals surface area contributed by atoms with E-state index in [1.807, 2.05) is 0 Å². The molecule has 0 aliphatic carbocycles. The molecule has 1 rings (SSSR count). The second kappa shape index (κ2) is 2.95. The first kappa shape index (κ1) is 9.91. The van der Waals surface area contributed by atoms with Gasteiger partial charge in [-0.3, -0.25) is 5.41 Å². The predicted molar refractivity (Wildman–Crippen MR) is 37.5 cm³/mol. The van der Waals surface area contributed by atoms with E-state index in [-0.39, 0.29) is 4.73 Å². The summed E-state index contributed by atoms with van der Waals surface area (Å²) in [4.78, 5) is 0. The van der Waals surface area contributed by atoms with E-state index >= 15 is 0 Å². The van der Waals surface area contributed by atoms with Crippen molar-refractivity contribution in [1.29, 1.82) is 5.41 Å². The highest BCUT2D eigenvalue weighted by Gasteiger charge is 2.31. The number of alkyl halides is 3. The molecule has 0 bridgehead atoms. The molecule has 0 radical (unpaired) electrons. The van der Waals surface area contributed by atoms with Gasteiger partial charge in [-0.2, -0.15) is 17.9 Å². The van der Waals surface area contributed by atoms with Crippen LogP contribution in [-0.4, -0.2) is 9.94 Å². The minimum absolute atomic E-state index is 0.0190. The maximum Gasteiger partial charge on any atom is 0.417 e. The highest BCUT2D eigenvalue weighted by molar-refractivity contribution is 6.30. The summed E-state index contributed by atoms with van der Waals surface area (Å²) in [5.41, 5.74) is -1.69. The third kappa shape index (κ3) is 1.95. The predicted octanol–water partition coefficient (Wildman–Crippen LogP) is 1.88. The van der Waals surface area contributed by atoms with E-state index in [1.54, 1.807) is 0 Å². The van der Waals surface area contributed by atoms with Crippen molar-refractivity contribution in [2.45, 2.75) is 6.18 Å². The smallest absolute Gasteiger partial charge is 0.417 e. The molecule has 0 atom stereocenters. The Balaban J connectivity index is 3.38. The summed E-state index contributed by atoms with van der Waals surface area (Å²) in [5, 5.41) is 15.3. The molecule has 3 nitrogen and oxygen atoms in total. The molecule has 72 valence electrons. The molecule has 1 aromatic rings. The molecule has 13 heavy (non-hydrogen) atoms. The number of rotatable bonds is 0. The standard InChI is InChI=1S/C6H4ClF3N2O/c7-4-1-3(6(8,9)10)2-12(13)5(4)11/h1-2,11,13H. The third-order valence-corrected chi connectivity index (χ3v) is 1.61. The number of pyridine rings is 1. The van der Waals surface area contributed by atoms with Crippen molar-refractivity contribution in [2.75, 3.05) is 0 Å². The molecule has 1 heterocycles.